The van der Waals surface area contributed by atoms with Crippen LogP contribution in [0.25, 0.3) is 0 Å². The Balaban J connectivity index is 2.29. The fourth-order valence-electron chi connectivity index (χ4n) is 1.31. The smallest absolute Gasteiger partial charge is 0.0311 e. The van der Waals surface area contributed by atoms with Gasteiger partial charge in [-0.3, -0.25) is 0 Å². The summed E-state index contributed by atoms with van der Waals surface area (Å²) in [5.41, 5.74) is 6.01. The lowest BCUT2D eigenvalue weighted by Crippen LogP contribution is -2.22. The van der Waals surface area contributed by atoms with Gasteiger partial charge in [0.1, 0.15) is 0 Å². The van der Waals surface area contributed by atoms with Crippen LogP contribution in [0.2, 0.25) is 0 Å². The van der Waals surface area contributed by atoms with Crippen molar-refractivity contribution < 1.29 is 0 Å². The number of unbranched alkanes of at least 4 members (excludes halogenated alkanes) is 1. The fraction of sp³-hybridized carbons (Fsp3) is 0.385. The summed E-state index contributed by atoms with van der Waals surface area (Å²) in [6.45, 7) is 0. The number of rotatable bonds is 6. The van der Waals surface area contributed by atoms with Gasteiger partial charge in [-0.1, -0.05) is 12.1 Å². The van der Waals surface area contributed by atoms with E-state index in [4.69, 9.17) is 12.2 Å². The van der Waals surface area contributed by atoms with Crippen molar-refractivity contribution in [2.24, 2.45) is 5.73 Å². The maximum atomic E-state index is 6.01. The summed E-state index contributed by atoms with van der Waals surface area (Å²) in [5, 5.41) is 0. The molecule has 0 aliphatic rings. The summed E-state index contributed by atoms with van der Waals surface area (Å²) in [4.78, 5) is 1.25. The second-order valence-electron chi connectivity index (χ2n) is 3.60. The van der Waals surface area contributed by atoms with Gasteiger partial charge in [-0.25, -0.2) is 0 Å². The molecule has 0 amide bonds. The van der Waals surface area contributed by atoms with Crippen molar-refractivity contribution in [2.75, 3.05) is 5.75 Å². The Morgan fingerprint density at radius 3 is 2.88 bits per heavy atom. The Bertz CT molecular complexity index is 359. The molecule has 1 aromatic carbocycles. The Morgan fingerprint density at radius 1 is 1.44 bits per heavy atom. The zero-order chi connectivity index (χ0) is 11.8. The first-order valence-corrected chi connectivity index (χ1v) is 7.08. The lowest BCUT2D eigenvalue weighted by Gasteiger charge is -2.10. The van der Waals surface area contributed by atoms with E-state index in [0.29, 0.717) is 0 Å². The highest BCUT2D eigenvalue weighted by molar-refractivity contribution is 9.10. The van der Waals surface area contributed by atoms with Gasteiger partial charge < -0.3 is 5.73 Å². The van der Waals surface area contributed by atoms with Crippen LogP contribution in [0.3, 0.4) is 0 Å². The van der Waals surface area contributed by atoms with Crippen molar-refractivity contribution in [1.82, 2.24) is 0 Å². The molecule has 1 atom stereocenters. The van der Waals surface area contributed by atoms with Crippen LogP contribution >= 0.6 is 27.7 Å². The summed E-state index contributed by atoms with van der Waals surface area (Å²) in [5.74, 6) is 3.57. The summed E-state index contributed by atoms with van der Waals surface area (Å²) >= 11 is 5.31. The lowest BCUT2D eigenvalue weighted by atomic mass is 10.1. The number of terminal acetylenes is 1. The van der Waals surface area contributed by atoms with Crippen LogP contribution < -0.4 is 5.73 Å². The molecule has 2 N–H and O–H groups in total. The van der Waals surface area contributed by atoms with E-state index in [1.165, 1.54) is 4.90 Å². The van der Waals surface area contributed by atoms with Crippen molar-refractivity contribution in [3.05, 3.63) is 28.7 Å². The van der Waals surface area contributed by atoms with E-state index in [0.717, 1.165) is 29.5 Å². The molecule has 0 spiro atoms. The first-order valence-electron chi connectivity index (χ1n) is 5.30. The zero-order valence-electron chi connectivity index (χ0n) is 9.16. The van der Waals surface area contributed by atoms with Crippen molar-refractivity contribution in [3.63, 3.8) is 0 Å². The van der Waals surface area contributed by atoms with Gasteiger partial charge in [-0.05, 0) is 40.9 Å². The van der Waals surface area contributed by atoms with Gasteiger partial charge in [0.15, 0.2) is 0 Å². The lowest BCUT2D eigenvalue weighted by molar-refractivity contribution is 0.641. The fourth-order valence-corrected chi connectivity index (χ4v) is 2.88. The number of thioether (sulfide) groups is 1. The van der Waals surface area contributed by atoms with Crippen molar-refractivity contribution in [3.8, 4) is 12.3 Å². The van der Waals surface area contributed by atoms with Crippen LogP contribution in [0, 0.1) is 12.3 Å². The van der Waals surface area contributed by atoms with E-state index in [2.05, 4.69) is 27.9 Å². The van der Waals surface area contributed by atoms with E-state index in [1.54, 1.807) is 11.8 Å². The van der Waals surface area contributed by atoms with Crippen LogP contribution in [0.5, 0.6) is 0 Å². The summed E-state index contributed by atoms with van der Waals surface area (Å²) in [7, 11) is 0. The molecule has 0 aliphatic heterocycles. The van der Waals surface area contributed by atoms with Crippen LogP contribution in [-0.4, -0.2) is 11.8 Å². The van der Waals surface area contributed by atoms with Crippen molar-refractivity contribution in [2.45, 2.75) is 30.2 Å². The van der Waals surface area contributed by atoms with Crippen LogP contribution in [-0.2, 0) is 0 Å². The minimum atomic E-state index is 0.227. The molecule has 0 fully saturated rings. The monoisotopic (exact) mass is 297 g/mol. The van der Waals surface area contributed by atoms with E-state index in [-0.39, 0.29) is 6.04 Å². The van der Waals surface area contributed by atoms with E-state index in [1.807, 2.05) is 18.2 Å². The molecular weight excluding hydrogens is 282 g/mol. The molecule has 0 aromatic heterocycles. The van der Waals surface area contributed by atoms with Gasteiger partial charge in [0.25, 0.3) is 0 Å². The van der Waals surface area contributed by atoms with Gasteiger partial charge >= 0.3 is 0 Å². The first kappa shape index (κ1) is 13.6. The maximum absolute atomic E-state index is 6.01. The number of benzene rings is 1. The molecule has 16 heavy (non-hydrogen) atoms. The second-order valence-corrected chi connectivity index (χ2v) is 5.51. The molecule has 1 aromatic rings. The molecule has 3 heteroatoms. The third kappa shape index (κ3) is 5.07. The number of halogens is 1. The molecule has 0 saturated heterocycles. The van der Waals surface area contributed by atoms with Crippen LogP contribution in [0.1, 0.15) is 19.3 Å². The highest BCUT2D eigenvalue weighted by Crippen LogP contribution is 2.27. The van der Waals surface area contributed by atoms with Crippen LogP contribution in [0.4, 0.5) is 0 Å². The molecule has 0 radical (unpaired) electrons. The molecule has 86 valence electrons. The van der Waals surface area contributed by atoms with Crippen molar-refractivity contribution >= 4 is 27.7 Å². The third-order valence-corrected chi connectivity index (χ3v) is 4.40. The molecule has 0 heterocycles. The Labute approximate surface area is 110 Å². The minimum Gasteiger partial charge on any atom is -0.327 e. The van der Waals surface area contributed by atoms with Gasteiger partial charge in [-0.15, -0.1) is 24.1 Å². The van der Waals surface area contributed by atoms with Crippen molar-refractivity contribution in [1.29, 1.82) is 0 Å². The largest absolute Gasteiger partial charge is 0.327 e. The number of hydrogen-bond donors (Lipinski definition) is 1. The van der Waals surface area contributed by atoms with E-state index >= 15 is 0 Å². The molecular formula is C13H16BrNS. The zero-order valence-corrected chi connectivity index (χ0v) is 11.6. The third-order valence-electron chi connectivity index (χ3n) is 2.19. The quantitative estimate of drug-likeness (QED) is 0.492. The van der Waals surface area contributed by atoms with Gasteiger partial charge in [0.2, 0.25) is 0 Å². The summed E-state index contributed by atoms with van der Waals surface area (Å²) < 4.78 is 1.14. The SMILES string of the molecule is C#CCCCC(N)CSc1ccccc1Br. The van der Waals surface area contributed by atoms with Gasteiger partial charge in [0, 0.05) is 27.6 Å². The maximum Gasteiger partial charge on any atom is 0.0311 e. The summed E-state index contributed by atoms with van der Waals surface area (Å²) in [6, 6.07) is 8.43. The average molecular weight is 298 g/mol. The minimum absolute atomic E-state index is 0.227. The molecule has 1 unspecified atom stereocenters. The number of hydrogen-bond acceptors (Lipinski definition) is 2. The topological polar surface area (TPSA) is 26.0 Å². The molecule has 0 bridgehead atoms. The van der Waals surface area contributed by atoms with E-state index in [9.17, 15) is 0 Å². The predicted molar refractivity (Wildman–Crippen MR) is 75.5 cm³/mol. The van der Waals surface area contributed by atoms with Gasteiger partial charge in [-0.2, -0.15) is 0 Å². The molecule has 1 rings (SSSR count). The first-order chi connectivity index (χ1) is 7.74. The highest BCUT2D eigenvalue weighted by atomic mass is 79.9. The second kappa shape index (κ2) is 7.78. The van der Waals surface area contributed by atoms with Crippen LogP contribution in [0.15, 0.2) is 33.6 Å². The Hall–Kier alpha value is -0.430. The highest BCUT2D eigenvalue weighted by Gasteiger charge is 2.05. The Morgan fingerprint density at radius 2 is 2.19 bits per heavy atom. The van der Waals surface area contributed by atoms with E-state index < -0.39 is 0 Å². The average Bonchev–Trinajstić information content (AvgIpc) is 2.28. The standard InChI is InChI=1S/C13H16BrNS/c1-2-3-4-7-11(15)10-16-13-9-6-5-8-12(13)14/h1,5-6,8-9,11H,3-4,7,10,15H2. The molecule has 1 nitrogen and oxygen atoms in total. The summed E-state index contributed by atoms with van der Waals surface area (Å²) in [6.07, 6.45) is 8.05. The number of nitrogens with two attached hydrogens (primary N) is 1. The van der Waals surface area contributed by atoms with Gasteiger partial charge in [0.05, 0.1) is 0 Å². The molecule has 0 saturated carbocycles. The Kier molecular flexibility index (Phi) is 6.63. The normalized spacial score (nSPS) is 12.1. The molecule has 0 aliphatic carbocycles. The predicted octanol–water partition coefficient (Wildman–Crippen LogP) is 3.67.